The first kappa shape index (κ1) is 56.2. The fourth-order valence-corrected chi connectivity index (χ4v) is 7.76. The Morgan fingerprint density at radius 1 is 0.526 bits per heavy atom. The first-order valence-electron chi connectivity index (χ1n) is 24.4. The van der Waals surface area contributed by atoms with E-state index in [0.717, 1.165) is 32.1 Å². The molecule has 0 aromatic heterocycles. The number of phosphoric ester groups is 1. The molecule has 57 heavy (non-hydrogen) atoms. The number of likely N-dealkylation sites (N-methyl/N-ethyl adjacent to an activating group) is 1. The monoisotopic (exact) mass is 831 g/mol. The number of ether oxygens (including phenoxy) is 2. The molecule has 2 atom stereocenters. The van der Waals surface area contributed by atoms with Crippen LogP contribution in [0.5, 0.6) is 0 Å². The molecule has 0 rings (SSSR count). The number of nitrogens with zero attached hydrogens (tertiary/aromatic N) is 1. The molecule has 0 spiro atoms. The zero-order chi connectivity index (χ0) is 42.0. The van der Waals surface area contributed by atoms with E-state index in [1.54, 1.807) is 0 Å². The van der Waals surface area contributed by atoms with Gasteiger partial charge in [-0.25, -0.2) is 4.57 Å². The lowest BCUT2D eigenvalue weighted by Crippen LogP contribution is -2.37. The molecular weight excluding hydrogens is 734 g/mol. The van der Waals surface area contributed by atoms with E-state index in [1.807, 2.05) is 21.1 Å². The predicted octanol–water partition coefficient (Wildman–Crippen LogP) is 14.6. The van der Waals surface area contributed by atoms with Crippen molar-refractivity contribution in [3.8, 4) is 0 Å². The summed E-state index contributed by atoms with van der Waals surface area (Å²) in [4.78, 5) is 22.9. The molecule has 8 nitrogen and oxygen atoms in total. The summed E-state index contributed by atoms with van der Waals surface area (Å²) in [5.74, 6) is -0.309. The summed E-state index contributed by atoms with van der Waals surface area (Å²) >= 11 is 0. The van der Waals surface area contributed by atoms with Crippen molar-refractivity contribution in [3.63, 3.8) is 0 Å². The van der Waals surface area contributed by atoms with Crippen LogP contribution in [0.25, 0.3) is 0 Å². The molecule has 0 amide bonds. The second-order valence-electron chi connectivity index (χ2n) is 17.9. The molecule has 0 aliphatic rings. The second-order valence-corrected chi connectivity index (χ2v) is 19.3. The van der Waals surface area contributed by atoms with E-state index >= 15 is 0 Å². The van der Waals surface area contributed by atoms with Gasteiger partial charge in [0.1, 0.15) is 19.3 Å². The van der Waals surface area contributed by atoms with Gasteiger partial charge in [0.2, 0.25) is 0 Å². The van der Waals surface area contributed by atoms with Gasteiger partial charge in [-0.15, -0.1) is 0 Å². The Balaban J connectivity index is 4.14. The van der Waals surface area contributed by atoms with E-state index in [9.17, 15) is 14.3 Å². The Morgan fingerprint density at radius 3 is 1.33 bits per heavy atom. The Morgan fingerprint density at radius 2 is 0.912 bits per heavy atom. The van der Waals surface area contributed by atoms with E-state index in [-0.39, 0.29) is 25.8 Å². The van der Waals surface area contributed by atoms with Gasteiger partial charge in [0.15, 0.2) is 0 Å². The topological polar surface area (TPSA) is 91.3 Å². The van der Waals surface area contributed by atoms with Gasteiger partial charge in [-0.3, -0.25) is 13.8 Å². The number of hydrogen-bond donors (Lipinski definition) is 1. The first-order chi connectivity index (χ1) is 27.6. The number of allylic oxidation sites excluding steroid dienone is 2. The molecule has 0 heterocycles. The molecule has 2 unspecified atom stereocenters. The Kier molecular flexibility index (Phi) is 41.4. The Hall–Kier alpha value is -0.760. The lowest BCUT2D eigenvalue weighted by atomic mass is 10.0. The third-order valence-corrected chi connectivity index (χ3v) is 11.8. The van der Waals surface area contributed by atoms with Gasteiger partial charge >= 0.3 is 13.8 Å². The third-order valence-electron chi connectivity index (χ3n) is 10.8. The number of esters is 1. The van der Waals surface area contributed by atoms with Crippen LogP contribution < -0.4 is 0 Å². The Labute approximate surface area is 354 Å². The van der Waals surface area contributed by atoms with Crippen LogP contribution in [0.1, 0.15) is 232 Å². The molecule has 0 aliphatic heterocycles. The maximum absolute atomic E-state index is 12.7. The van der Waals surface area contributed by atoms with Crippen molar-refractivity contribution in [1.29, 1.82) is 0 Å². The van der Waals surface area contributed by atoms with Gasteiger partial charge in [-0.05, 0) is 38.5 Å². The summed E-state index contributed by atoms with van der Waals surface area (Å²) in [5.41, 5.74) is 0. The maximum Gasteiger partial charge on any atom is 0.472 e. The van der Waals surface area contributed by atoms with Crippen molar-refractivity contribution in [1.82, 2.24) is 0 Å². The van der Waals surface area contributed by atoms with Gasteiger partial charge in [0, 0.05) is 13.0 Å². The average molecular weight is 831 g/mol. The van der Waals surface area contributed by atoms with Crippen molar-refractivity contribution in [2.45, 2.75) is 238 Å². The molecule has 0 saturated carbocycles. The van der Waals surface area contributed by atoms with Crippen molar-refractivity contribution in [2.24, 2.45) is 0 Å². The van der Waals surface area contributed by atoms with E-state index in [2.05, 4.69) is 26.0 Å². The van der Waals surface area contributed by atoms with Crippen LogP contribution in [-0.4, -0.2) is 75.6 Å². The van der Waals surface area contributed by atoms with E-state index in [1.165, 1.54) is 180 Å². The second kappa shape index (κ2) is 42.0. The van der Waals surface area contributed by atoms with Crippen molar-refractivity contribution < 1.29 is 37.3 Å². The minimum atomic E-state index is -4.27. The smallest absolute Gasteiger partial charge is 0.457 e. The van der Waals surface area contributed by atoms with E-state index < -0.39 is 13.9 Å². The summed E-state index contributed by atoms with van der Waals surface area (Å²) in [6, 6.07) is 0. The van der Waals surface area contributed by atoms with Crippen LogP contribution in [0.3, 0.4) is 0 Å². The fraction of sp³-hybridized carbons (Fsp3) is 0.938. The molecule has 340 valence electrons. The molecule has 0 aromatic rings. The highest BCUT2D eigenvalue weighted by Gasteiger charge is 2.26. The lowest BCUT2D eigenvalue weighted by Gasteiger charge is -2.24. The predicted molar refractivity (Wildman–Crippen MR) is 243 cm³/mol. The molecule has 0 aromatic carbocycles. The summed E-state index contributed by atoms with van der Waals surface area (Å²) < 4.78 is 35.1. The fourth-order valence-electron chi connectivity index (χ4n) is 7.02. The van der Waals surface area contributed by atoms with Crippen molar-refractivity contribution in [3.05, 3.63) is 12.2 Å². The highest BCUT2D eigenvalue weighted by atomic mass is 31.2. The summed E-state index contributed by atoms with van der Waals surface area (Å²) in [6.45, 7) is 5.67. The first-order valence-corrected chi connectivity index (χ1v) is 25.9. The number of rotatable bonds is 46. The number of carbonyl (C=O) groups excluding carboxylic acids is 1. The normalized spacial score (nSPS) is 13.7. The molecular formula is C48H97NO7P+. The lowest BCUT2D eigenvalue weighted by molar-refractivity contribution is -0.870. The van der Waals surface area contributed by atoms with Crippen LogP contribution in [0, 0.1) is 0 Å². The van der Waals surface area contributed by atoms with Gasteiger partial charge < -0.3 is 18.9 Å². The molecule has 0 aliphatic carbocycles. The van der Waals surface area contributed by atoms with Gasteiger partial charge in [-0.1, -0.05) is 199 Å². The van der Waals surface area contributed by atoms with Gasteiger partial charge in [0.05, 0.1) is 34.4 Å². The summed E-state index contributed by atoms with van der Waals surface area (Å²) in [6.07, 6.45) is 46.7. The van der Waals surface area contributed by atoms with Crippen LogP contribution >= 0.6 is 7.82 Å². The van der Waals surface area contributed by atoms with Crippen LogP contribution in [0.4, 0.5) is 0 Å². The molecule has 0 radical (unpaired) electrons. The Bertz CT molecular complexity index is 925. The highest BCUT2D eigenvalue weighted by molar-refractivity contribution is 7.47. The standard InChI is InChI=1S/C48H96NO7P/c1-6-8-10-12-14-16-18-20-22-24-25-26-28-30-32-34-36-38-40-43-53-45-47(46-55-57(51,52)54-44-42-49(3,4)5)56-48(50)41-39-37-35-33-31-29-27-23-21-19-17-15-13-11-9-7-2/h22,24,47H,6-21,23,25-46H2,1-5H3/p+1/b24-22-. The highest BCUT2D eigenvalue weighted by Crippen LogP contribution is 2.43. The minimum absolute atomic E-state index is 0.0915. The quantitative estimate of drug-likeness (QED) is 0.0215. The molecule has 9 heteroatoms. The number of hydrogen-bond acceptors (Lipinski definition) is 6. The summed E-state index contributed by atoms with van der Waals surface area (Å²) in [5, 5.41) is 0. The van der Waals surface area contributed by atoms with Gasteiger partial charge in [-0.2, -0.15) is 0 Å². The van der Waals surface area contributed by atoms with E-state index in [0.29, 0.717) is 24.1 Å². The molecule has 1 N–H and O–H groups in total. The van der Waals surface area contributed by atoms with Crippen molar-refractivity contribution >= 4 is 13.8 Å². The zero-order valence-corrected chi connectivity index (χ0v) is 39.5. The third kappa shape index (κ3) is 46.2. The molecule has 0 bridgehead atoms. The average Bonchev–Trinajstić information content (AvgIpc) is 3.16. The number of carbonyl (C=O) groups is 1. The molecule has 0 fully saturated rings. The van der Waals surface area contributed by atoms with Crippen molar-refractivity contribution in [2.75, 3.05) is 54.1 Å². The number of phosphoric acid groups is 1. The van der Waals surface area contributed by atoms with E-state index in [4.69, 9.17) is 18.5 Å². The zero-order valence-electron chi connectivity index (χ0n) is 38.6. The summed E-state index contributed by atoms with van der Waals surface area (Å²) in [7, 11) is 1.68. The van der Waals surface area contributed by atoms with Gasteiger partial charge in [0.25, 0.3) is 0 Å². The van der Waals surface area contributed by atoms with Crippen LogP contribution in [-0.2, 0) is 27.9 Å². The SMILES string of the molecule is CCCCCCCCC/C=C\CCCCCCCCCCOCC(COP(=O)(O)OCC[N+](C)(C)C)OC(=O)CCCCCCCCCCCCCCCCCC. The van der Waals surface area contributed by atoms with Crippen LogP contribution in [0.15, 0.2) is 12.2 Å². The minimum Gasteiger partial charge on any atom is -0.457 e. The molecule has 0 saturated heterocycles. The number of unbranched alkanes of at least 4 members (excludes halogenated alkanes) is 30. The largest absolute Gasteiger partial charge is 0.472 e. The van der Waals surface area contributed by atoms with Crippen LogP contribution in [0.2, 0.25) is 0 Å². The maximum atomic E-state index is 12.7. The number of quaternary nitrogens is 1.